The van der Waals surface area contributed by atoms with Crippen LogP contribution in [0.25, 0.3) is 0 Å². The van der Waals surface area contributed by atoms with E-state index < -0.39 is 15.8 Å². The Bertz CT molecular complexity index is 888. The molecule has 5 nitrogen and oxygen atoms in total. The van der Waals surface area contributed by atoms with Gasteiger partial charge in [0.25, 0.3) is 0 Å². The molecule has 0 saturated carbocycles. The van der Waals surface area contributed by atoms with Crippen LogP contribution >= 0.6 is 0 Å². The molecule has 0 spiro atoms. The number of hydrogen-bond acceptors (Lipinski definition) is 4. The van der Waals surface area contributed by atoms with Crippen LogP contribution in [0.4, 0.5) is 4.39 Å². The number of methoxy groups -OCH3 is 1. The monoisotopic (exact) mass is 377 g/mol. The van der Waals surface area contributed by atoms with Crippen LogP contribution in [0.1, 0.15) is 23.2 Å². The number of carbonyl (C=O) groups excluding carboxylic acids is 1. The minimum Gasteiger partial charge on any atom is -0.497 e. The smallest absolute Gasteiger partial charge is 0.243 e. The van der Waals surface area contributed by atoms with Crippen LogP contribution in [0.2, 0.25) is 0 Å². The third-order valence-corrected chi connectivity index (χ3v) is 6.53. The maximum absolute atomic E-state index is 13.3. The normalized spacial score (nSPS) is 16.4. The summed E-state index contributed by atoms with van der Waals surface area (Å²) in [6.07, 6.45) is 0.888. The number of rotatable bonds is 5. The highest BCUT2D eigenvalue weighted by atomic mass is 32.2. The van der Waals surface area contributed by atoms with Crippen LogP contribution in [-0.4, -0.2) is 38.7 Å². The van der Waals surface area contributed by atoms with E-state index in [1.807, 2.05) is 0 Å². The number of benzene rings is 2. The molecule has 0 aliphatic carbocycles. The first-order chi connectivity index (χ1) is 12.4. The number of ether oxygens (including phenoxy) is 1. The van der Waals surface area contributed by atoms with Crippen LogP contribution in [0.15, 0.2) is 53.4 Å². The van der Waals surface area contributed by atoms with E-state index in [4.69, 9.17) is 4.74 Å². The highest BCUT2D eigenvalue weighted by Crippen LogP contribution is 2.27. The molecule has 0 atom stereocenters. The van der Waals surface area contributed by atoms with Crippen molar-refractivity contribution in [3.05, 3.63) is 59.9 Å². The number of nitrogens with zero attached hydrogens (tertiary/aromatic N) is 1. The predicted molar refractivity (Wildman–Crippen MR) is 95.2 cm³/mol. The fraction of sp³-hybridized carbons (Fsp3) is 0.316. The van der Waals surface area contributed by atoms with Gasteiger partial charge in [-0.25, -0.2) is 12.8 Å². The zero-order valence-electron chi connectivity index (χ0n) is 14.4. The molecule has 26 heavy (non-hydrogen) atoms. The molecule has 138 valence electrons. The van der Waals surface area contributed by atoms with Gasteiger partial charge in [0.1, 0.15) is 11.6 Å². The van der Waals surface area contributed by atoms with Crippen LogP contribution in [-0.2, 0) is 10.0 Å². The molecule has 1 heterocycles. The quantitative estimate of drug-likeness (QED) is 0.751. The van der Waals surface area contributed by atoms with Gasteiger partial charge in [0, 0.05) is 24.6 Å². The van der Waals surface area contributed by atoms with Crippen LogP contribution in [0.3, 0.4) is 0 Å². The maximum Gasteiger partial charge on any atom is 0.243 e. The lowest BCUT2D eigenvalue weighted by Crippen LogP contribution is -2.40. The number of carbonyl (C=O) groups is 1. The van der Waals surface area contributed by atoms with Gasteiger partial charge in [-0.1, -0.05) is 6.07 Å². The number of halogens is 1. The summed E-state index contributed by atoms with van der Waals surface area (Å²) in [5.74, 6) is -0.119. The lowest BCUT2D eigenvalue weighted by Gasteiger charge is -2.30. The van der Waals surface area contributed by atoms with Gasteiger partial charge in [0.2, 0.25) is 10.0 Å². The Balaban J connectivity index is 1.67. The standard InChI is InChI=1S/C19H20FNO4S/c1-25-17-7-5-14(6-8-17)19(22)15-9-11-21(12-10-15)26(23,24)18-4-2-3-16(20)13-18/h2-8,13,15H,9-12H2,1H3. The second-order valence-electron chi connectivity index (χ2n) is 6.23. The average Bonchev–Trinajstić information content (AvgIpc) is 2.67. The van der Waals surface area contributed by atoms with Gasteiger partial charge in [0.15, 0.2) is 5.78 Å². The summed E-state index contributed by atoms with van der Waals surface area (Å²) in [7, 11) is -2.18. The molecule has 0 amide bonds. The predicted octanol–water partition coefficient (Wildman–Crippen LogP) is 3.12. The number of piperidine rings is 1. The van der Waals surface area contributed by atoms with Crippen molar-refractivity contribution in [1.29, 1.82) is 0 Å². The third kappa shape index (κ3) is 3.78. The number of ketones is 1. The van der Waals surface area contributed by atoms with Crippen molar-refractivity contribution < 1.29 is 22.3 Å². The van der Waals surface area contributed by atoms with Gasteiger partial charge in [-0.15, -0.1) is 0 Å². The molecule has 0 unspecified atom stereocenters. The van der Waals surface area contributed by atoms with Crippen LogP contribution in [0.5, 0.6) is 5.75 Å². The van der Waals surface area contributed by atoms with E-state index in [1.54, 1.807) is 31.4 Å². The second-order valence-corrected chi connectivity index (χ2v) is 8.17. The Morgan fingerprint density at radius 1 is 1.12 bits per heavy atom. The largest absolute Gasteiger partial charge is 0.497 e. The Kier molecular flexibility index (Phi) is 5.38. The van der Waals surface area contributed by atoms with Crippen molar-refractivity contribution in [1.82, 2.24) is 4.31 Å². The number of sulfonamides is 1. The molecule has 0 radical (unpaired) electrons. The van der Waals surface area contributed by atoms with E-state index in [-0.39, 0.29) is 29.7 Å². The Hall–Kier alpha value is -2.25. The minimum atomic E-state index is -3.74. The Morgan fingerprint density at radius 2 is 1.77 bits per heavy atom. The summed E-state index contributed by atoms with van der Waals surface area (Å²) in [4.78, 5) is 12.6. The first-order valence-corrected chi connectivity index (χ1v) is 9.80. The molecule has 2 aromatic carbocycles. The van der Waals surface area contributed by atoms with Crippen molar-refractivity contribution in [3.63, 3.8) is 0 Å². The van der Waals surface area contributed by atoms with E-state index in [0.717, 1.165) is 6.07 Å². The first-order valence-electron chi connectivity index (χ1n) is 8.36. The van der Waals surface area contributed by atoms with Crippen molar-refractivity contribution in [2.24, 2.45) is 5.92 Å². The summed E-state index contributed by atoms with van der Waals surface area (Å²) in [5.41, 5.74) is 0.595. The van der Waals surface area contributed by atoms with Crippen molar-refractivity contribution in [2.75, 3.05) is 20.2 Å². The topological polar surface area (TPSA) is 63.7 Å². The zero-order valence-corrected chi connectivity index (χ0v) is 15.2. The van der Waals surface area contributed by atoms with E-state index in [9.17, 15) is 17.6 Å². The molecule has 1 saturated heterocycles. The summed E-state index contributed by atoms with van der Waals surface area (Å²) >= 11 is 0. The van der Waals surface area contributed by atoms with E-state index >= 15 is 0 Å². The number of hydrogen-bond donors (Lipinski definition) is 0. The Morgan fingerprint density at radius 3 is 2.35 bits per heavy atom. The van der Waals surface area contributed by atoms with Gasteiger partial charge in [-0.05, 0) is 55.3 Å². The average molecular weight is 377 g/mol. The second kappa shape index (κ2) is 7.55. The van der Waals surface area contributed by atoms with E-state index in [2.05, 4.69) is 0 Å². The van der Waals surface area contributed by atoms with Gasteiger partial charge in [0.05, 0.1) is 12.0 Å². The number of Topliss-reactive ketones (excluding diaryl/α,β-unsaturated/α-hetero) is 1. The summed E-state index contributed by atoms with van der Waals surface area (Å²) in [6.45, 7) is 0.483. The molecule has 2 aromatic rings. The molecule has 0 aromatic heterocycles. The van der Waals surface area contributed by atoms with Gasteiger partial charge in [-0.2, -0.15) is 4.31 Å². The molecule has 3 rings (SSSR count). The van der Waals surface area contributed by atoms with Crippen molar-refractivity contribution in [2.45, 2.75) is 17.7 Å². The third-order valence-electron chi connectivity index (χ3n) is 4.63. The van der Waals surface area contributed by atoms with Gasteiger partial charge in [-0.3, -0.25) is 4.79 Å². The molecule has 1 fully saturated rings. The van der Waals surface area contributed by atoms with E-state index in [1.165, 1.54) is 22.5 Å². The zero-order chi connectivity index (χ0) is 18.7. The summed E-state index contributed by atoms with van der Waals surface area (Å²) in [6, 6.07) is 11.9. The molecule has 0 bridgehead atoms. The highest BCUT2D eigenvalue weighted by Gasteiger charge is 2.32. The molecular formula is C19H20FNO4S. The first kappa shape index (κ1) is 18.5. The molecule has 1 aliphatic heterocycles. The molecule has 7 heteroatoms. The molecule has 0 N–H and O–H groups in total. The van der Waals surface area contributed by atoms with Crippen LogP contribution < -0.4 is 4.74 Å². The molecular weight excluding hydrogens is 357 g/mol. The van der Waals surface area contributed by atoms with Crippen LogP contribution in [0, 0.1) is 11.7 Å². The van der Waals surface area contributed by atoms with Crippen molar-refractivity contribution in [3.8, 4) is 5.75 Å². The van der Waals surface area contributed by atoms with Crippen molar-refractivity contribution >= 4 is 15.8 Å². The lowest BCUT2D eigenvalue weighted by atomic mass is 9.89. The fourth-order valence-electron chi connectivity index (χ4n) is 3.13. The molecule has 1 aliphatic rings. The summed E-state index contributed by atoms with van der Waals surface area (Å²) < 4.78 is 45.0. The van der Waals surface area contributed by atoms with Gasteiger partial charge >= 0.3 is 0 Å². The highest BCUT2D eigenvalue weighted by molar-refractivity contribution is 7.89. The Labute approximate surface area is 152 Å². The van der Waals surface area contributed by atoms with Gasteiger partial charge < -0.3 is 4.74 Å². The fourth-order valence-corrected chi connectivity index (χ4v) is 4.63. The van der Waals surface area contributed by atoms with E-state index in [0.29, 0.717) is 24.2 Å². The lowest BCUT2D eigenvalue weighted by molar-refractivity contribution is 0.0875. The minimum absolute atomic E-state index is 0.00968. The summed E-state index contributed by atoms with van der Waals surface area (Å²) in [5, 5.41) is 0. The maximum atomic E-state index is 13.3. The SMILES string of the molecule is COc1ccc(C(=O)C2CCN(S(=O)(=O)c3cccc(F)c3)CC2)cc1.